The molecule has 4 saturated carbocycles. The smallest absolute Gasteiger partial charge is 0.165 e. The van der Waals surface area contributed by atoms with Crippen molar-refractivity contribution < 1.29 is 19.4 Å². The number of fused-ring (bicyclic) bond motifs is 6. The van der Waals surface area contributed by atoms with Gasteiger partial charge < -0.3 is 14.6 Å². The lowest BCUT2D eigenvalue weighted by Crippen LogP contribution is -2.69. The van der Waals surface area contributed by atoms with E-state index in [1.807, 2.05) is 0 Å². The van der Waals surface area contributed by atoms with Gasteiger partial charge in [-0.2, -0.15) is 0 Å². The van der Waals surface area contributed by atoms with Crippen molar-refractivity contribution in [3.8, 4) is 0 Å². The van der Waals surface area contributed by atoms with Gasteiger partial charge in [-0.05, 0) is 73.0 Å². The quantitative estimate of drug-likeness (QED) is 0.584. The molecule has 0 amide bonds. The zero-order valence-electron chi connectivity index (χ0n) is 21.1. The summed E-state index contributed by atoms with van der Waals surface area (Å²) in [5, 5.41) is 11.8. The Morgan fingerprint density at radius 1 is 1.00 bits per heavy atom. The van der Waals surface area contributed by atoms with Crippen molar-refractivity contribution in [2.75, 3.05) is 6.79 Å². The summed E-state index contributed by atoms with van der Waals surface area (Å²) in [5.74, 6) is 3.91. The van der Waals surface area contributed by atoms with E-state index in [9.17, 15) is 9.90 Å². The summed E-state index contributed by atoms with van der Waals surface area (Å²) in [6.07, 6.45) is 10.7. The molecule has 5 rings (SSSR count). The predicted molar refractivity (Wildman–Crippen MR) is 125 cm³/mol. The van der Waals surface area contributed by atoms with Crippen molar-refractivity contribution >= 4 is 5.78 Å². The van der Waals surface area contributed by atoms with Gasteiger partial charge in [-0.25, -0.2) is 0 Å². The van der Waals surface area contributed by atoms with Crippen LogP contribution in [0.2, 0.25) is 0 Å². The van der Waals surface area contributed by atoms with Crippen LogP contribution in [0.4, 0.5) is 0 Å². The van der Waals surface area contributed by atoms with Crippen LogP contribution in [0.25, 0.3) is 0 Å². The summed E-state index contributed by atoms with van der Waals surface area (Å²) in [4.78, 5) is 13.6. The van der Waals surface area contributed by atoms with Gasteiger partial charge in [-0.3, -0.25) is 4.79 Å². The lowest BCUT2D eigenvalue weighted by Gasteiger charge is -2.63. The average molecular weight is 447 g/mol. The van der Waals surface area contributed by atoms with Gasteiger partial charge in [0.25, 0.3) is 0 Å². The van der Waals surface area contributed by atoms with Gasteiger partial charge in [0.1, 0.15) is 12.4 Å². The molecule has 5 aliphatic rings. The SMILES string of the molecule is CC(C)CCC[C@@H](C)[C@H]1CC[C@H]2[C@@H]3CC(=O)[C@@]4(O)C[C@H]5OCO[C@H]5C[C@]4(C)[C@H]3CC[C@]12C. The summed E-state index contributed by atoms with van der Waals surface area (Å²) >= 11 is 0. The molecular formula is C28H46O4. The third kappa shape index (κ3) is 3.29. The van der Waals surface area contributed by atoms with Crippen molar-refractivity contribution in [2.24, 2.45) is 46.3 Å². The fourth-order valence-corrected chi connectivity index (χ4v) is 9.58. The van der Waals surface area contributed by atoms with Gasteiger partial charge in [-0.15, -0.1) is 0 Å². The molecule has 0 aromatic carbocycles. The number of aliphatic hydroxyl groups is 1. The number of ether oxygens (including phenoxy) is 2. The zero-order valence-corrected chi connectivity index (χ0v) is 21.1. The predicted octanol–water partition coefficient (Wildman–Crippen LogP) is 5.75. The normalized spacial score (nSPS) is 51.2. The summed E-state index contributed by atoms with van der Waals surface area (Å²) < 4.78 is 11.6. The van der Waals surface area contributed by atoms with Crippen LogP contribution in [0.1, 0.15) is 98.8 Å². The monoisotopic (exact) mass is 446 g/mol. The lowest BCUT2D eigenvalue weighted by molar-refractivity contribution is -0.218. The Morgan fingerprint density at radius 3 is 2.44 bits per heavy atom. The van der Waals surface area contributed by atoms with Gasteiger partial charge >= 0.3 is 0 Å². The van der Waals surface area contributed by atoms with E-state index in [2.05, 4.69) is 34.6 Å². The van der Waals surface area contributed by atoms with Crippen molar-refractivity contribution in [3.63, 3.8) is 0 Å². The molecule has 4 nitrogen and oxygen atoms in total. The number of hydrogen-bond acceptors (Lipinski definition) is 4. The number of Topliss-reactive ketones (excluding diaryl/α,β-unsaturated/α-hetero) is 1. The highest BCUT2D eigenvalue weighted by molar-refractivity contribution is 5.89. The Balaban J connectivity index is 1.37. The first-order valence-corrected chi connectivity index (χ1v) is 13.6. The Hall–Kier alpha value is -0.450. The van der Waals surface area contributed by atoms with Crippen molar-refractivity contribution in [1.29, 1.82) is 0 Å². The van der Waals surface area contributed by atoms with E-state index < -0.39 is 5.60 Å². The molecule has 0 spiro atoms. The van der Waals surface area contributed by atoms with Crippen LogP contribution in [0.3, 0.4) is 0 Å². The highest BCUT2D eigenvalue weighted by Gasteiger charge is 2.69. The Morgan fingerprint density at radius 2 is 1.72 bits per heavy atom. The summed E-state index contributed by atoms with van der Waals surface area (Å²) in [5.41, 5.74) is -1.27. The second-order valence-corrected chi connectivity index (χ2v) is 13.2. The highest BCUT2D eigenvalue weighted by Crippen LogP contribution is 2.69. The van der Waals surface area contributed by atoms with Gasteiger partial charge in [0.05, 0.1) is 12.2 Å². The van der Waals surface area contributed by atoms with E-state index in [1.165, 1.54) is 38.5 Å². The molecule has 0 radical (unpaired) electrons. The largest absolute Gasteiger partial charge is 0.381 e. The van der Waals surface area contributed by atoms with Gasteiger partial charge in [0.15, 0.2) is 5.78 Å². The number of hydrogen-bond donors (Lipinski definition) is 1. The van der Waals surface area contributed by atoms with E-state index in [1.54, 1.807) is 0 Å². The first-order chi connectivity index (χ1) is 15.1. The highest BCUT2D eigenvalue weighted by atomic mass is 16.7. The van der Waals surface area contributed by atoms with Crippen molar-refractivity contribution in [1.82, 2.24) is 0 Å². The Kier molecular flexibility index (Phi) is 5.86. The molecular weight excluding hydrogens is 400 g/mol. The molecule has 5 fully saturated rings. The molecule has 10 atom stereocenters. The van der Waals surface area contributed by atoms with E-state index in [0.717, 1.165) is 30.6 Å². The summed E-state index contributed by atoms with van der Waals surface area (Å²) in [7, 11) is 0. The molecule has 182 valence electrons. The van der Waals surface area contributed by atoms with E-state index in [0.29, 0.717) is 42.8 Å². The Labute approximate surface area is 195 Å². The lowest BCUT2D eigenvalue weighted by atomic mass is 9.42. The minimum Gasteiger partial charge on any atom is -0.381 e. The molecule has 1 aliphatic heterocycles. The Bertz CT molecular complexity index is 735. The molecule has 0 unspecified atom stereocenters. The second-order valence-electron chi connectivity index (χ2n) is 13.2. The van der Waals surface area contributed by atoms with Crippen LogP contribution in [0.5, 0.6) is 0 Å². The van der Waals surface area contributed by atoms with Crippen molar-refractivity contribution in [2.45, 2.75) is 117 Å². The van der Waals surface area contributed by atoms with Crippen molar-refractivity contribution in [3.05, 3.63) is 0 Å². The summed E-state index contributed by atoms with van der Waals surface area (Å²) in [6.45, 7) is 12.2. The van der Waals surface area contributed by atoms with Crippen LogP contribution < -0.4 is 0 Å². The number of rotatable bonds is 5. The molecule has 1 saturated heterocycles. The average Bonchev–Trinajstić information content (AvgIpc) is 3.30. The minimum atomic E-state index is -1.24. The van der Waals surface area contributed by atoms with Gasteiger partial charge in [0, 0.05) is 18.3 Å². The fourth-order valence-electron chi connectivity index (χ4n) is 9.58. The third-order valence-corrected chi connectivity index (χ3v) is 11.4. The maximum atomic E-state index is 13.6. The molecule has 32 heavy (non-hydrogen) atoms. The maximum Gasteiger partial charge on any atom is 0.165 e. The standard InChI is InChI=1S/C28H46O4/c1-17(2)7-6-8-18(3)20-9-10-21-19-13-25(29)28(30)15-24-23(31-16-32-24)14-27(28,5)22(19)11-12-26(20,21)4/h17-24,30H,6-16H2,1-5H3/t18-,19+,20-,21+,22+,23+,24-,26-,27-,28+/m1/s1. The number of carbonyl (C=O) groups excluding carboxylic acids is 1. The molecule has 1 heterocycles. The third-order valence-electron chi connectivity index (χ3n) is 11.4. The van der Waals surface area contributed by atoms with Crippen LogP contribution in [-0.4, -0.2) is 35.5 Å². The van der Waals surface area contributed by atoms with E-state index in [4.69, 9.17) is 9.47 Å². The topological polar surface area (TPSA) is 55.8 Å². The molecule has 4 heteroatoms. The van der Waals surface area contributed by atoms with Gasteiger partial charge in [-0.1, -0.05) is 53.9 Å². The van der Waals surface area contributed by atoms with Crippen LogP contribution in [-0.2, 0) is 14.3 Å². The minimum absolute atomic E-state index is 0.0393. The molecule has 0 aromatic rings. The molecule has 0 aromatic heterocycles. The second kappa shape index (κ2) is 8.05. The first-order valence-electron chi connectivity index (χ1n) is 13.6. The van der Waals surface area contributed by atoms with Crippen LogP contribution >= 0.6 is 0 Å². The zero-order chi connectivity index (χ0) is 22.9. The maximum absolute atomic E-state index is 13.6. The molecule has 0 bridgehead atoms. The number of carbonyl (C=O) groups is 1. The molecule has 1 N–H and O–H groups in total. The van der Waals surface area contributed by atoms with Crippen LogP contribution in [0.15, 0.2) is 0 Å². The van der Waals surface area contributed by atoms with Crippen LogP contribution in [0, 0.1) is 46.3 Å². The summed E-state index contributed by atoms with van der Waals surface area (Å²) in [6, 6.07) is 0. The van der Waals surface area contributed by atoms with E-state index in [-0.39, 0.29) is 23.4 Å². The molecule has 4 aliphatic carbocycles. The van der Waals surface area contributed by atoms with Gasteiger partial charge in [0.2, 0.25) is 0 Å². The first kappa shape index (κ1) is 23.3. The van der Waals surface area contributed by atoms with E-state index >= 15 is 0 Å². The fraction of sp³-hybridized carbons (Fsp3) is 0.964. The number of ketones is 1.